The molecule has 0 bridgehead atoms. The van der Waals surface area contributed by atoms with E-state index in [4.69, 9.17) is 33.0 Å². The first-order valence-electron chi connectivity index (χ1n) is 9.37. The maximum atomic E-state index is 12.7. The lowest BCUT2D eigenvalue weighted by Gasteiger charge is -2.27. The highest BCUT2D eigenvalue weighted by molar-refractivity contribution is 6.34. The van der Waals surface area contributed by atoms with E-state index in [2.05, 4.69) is 10.3 Å². The van der Waals surface area contributed by atoms with E-state index < -0.39 is 29.7 Å². The monoisotopic (exact) mass is 476 g/mol. The molecule has 2 aromatic rings. The summed E-state index contributed by atoms with van der Waals surface area (Å²) >= 11 is 12.4. The van der Waals surface area contributed by atoms with Gasteiger partial charge in [-0.25, -0.2) is 14.4 Å². The number of aliphatic carboxylic acids is 2. The number of rotatable bonds is 6. The summed E-state index contributed by atoms with van der Waals surface area (Å²) in [6.07, 6.45) is 0.741. The minimum Gasteiger partial charge on any atom is -0.479 e. The van der Waals surface area contributed by atoms with Crippen LogP contribution in [-0.2, 0) is 19.9 Å². The molecular weight excluding hydrogens is 459 g/mol. The fraction of sp³-hybridized carbons (Fsp3) is 0.182. The SMILES string of the molecule is CC(C)OC(=O)Nc1ccccc1C1(C(=O)O)N=c2cc(Cl)cc(Cl)c2=C1C=CC(=O)O. The Balaban J connectivity index is 2.35. The Labute approximate surface area is 192 Å². The molecule has 0 fully saturated rings. The molecule has 0 radical (unpaired) electrons. The summed E-state index contributed by atoms with van der Waals surface area (Å²) in [4.78, 5) is 40.6. The van der Waals surface area contributed by atoms with Crippen molar-refractivity contribution in [1.82, 2.24) is 0 Å². The Morgan fingerprint density at radius 2 is 1.84 bits per heavy atom. The zero-order valence-electron chi connectivity index (χ0n) is 16.9. The molecular formula is C22H18Cl2N2O6. The predicted molar refractivity (Wildman–Crippen MR) is 118 cm³/mol. The Hall–Kier alpha value is -3.36. The van der Waals surface area contributed by atoms with Crippen LogP contribution in [0.1, 0.15) is 19.4 Å². The van der Waals surface area contributed by atoms with Crippen LogP contribution in [0.5, 0.6) is 0 Å². The van der Waals surface area contributed by atoms with Crippen LogP contribution in [0.2, 0.25) is 10.0 Å². The number of nitrogens with zero attached hydrogens (tertiary/aromatic N) is 1. The van der Waals surface area contributed by atoms with Crippen molar-refractivity contribution in [3.63, 3.8) is 0 Å². The number of carbonyl (C=O) groups is 3. The highest BCUT2D eigenvalue weighted by Crippen LogP contribution is 2.41. The number of fused-ring (bicyclic) bond motifs is 1. The van der Waals surface area contributed by atoms with Gasteiger partial charge in [0.25, 0.3) is 0 Å². The van der Waals surface area contributed by atoms with Gasteiger partial charge in [0, 0.05) is 27.5 Å². The van der Waals surface area contributed by atoms with Gasteiger partial charge < -0.3 is 14.9 Å². The van der Waals surface area contributed by atoms with E-state index in [0.29, 0.717) is 0 Å². The van der Waals surface area contributed by atoms with Gasteiger partial charge in [-0.15, -0.1) is 0 Å². The van der Waals surface area contributed by atoms with Crippen molar-refractivity contribution in [2.45, 2.75) is 25.5 Å². The second kappa shape index (κ2) is 9.02. The van der Waals surface area contributed by atoms with Crippen LogP contribution in [0.15, 0.2) is 53.5 Å². The third-order valence-electron chi connectivity index (χ3n) is 4.58. The fourth-order valence-electron chi connectivity index (χ4n) is 3.44. The van der Waals surface area contributed by atoms with Crippen molar-refractivity contribution >= 4 is 52.5 Å². The van der Waals surface area contributed by atoms with E-state index in [1.54, 1.807) is 26.0 Å². The maximum absolute atomic E-state index is 12.7. The van der Waals surface area contributed by atoms with Gasteiger partial charge in [-0.1, -0.05) is 41.4 Å². The van der Waals surface area contributed by atoms with E-state index in [1.807, 2.05) is 0 Å². The highest BCUT2D eigenvalue weighted by Gasteiger charge is 2.48. The van der Waals surface area contributed by atoms with Crippen LogP contribution in [0.4, 0.5) is 10.5 Å². The summed E-state index contributed by atoms with van der Waals surface area (Å²) < 4.78 is 5.10. The Kier molecular flexibility index (Phi) is 6.57. The number of nitrogens with one attached hydrogen (secondary N) is 1. The summed E-state index contributed by atoms with van der Waals surface area (Å²) in [5, 5.41) is 22.8. The molecule has 0 saturated carbocycles. The van der Waals surface area contributed by atoms with Gasteiger partial charge in [-0.3, -0.25) is 10.3 Å². The predicted octanol–water partition coefficient (Wildman–Crippen LogP) is 3.36. The largest absolute Gasteiger partial charge is 0.479 e. The Morgan fingerprint density at radius 1 is 1.16 bits per heavy atom. The maximum Gasteiger partial charge on any atom is 0.411 e. The fourth-order valence-corrected chi connectivity index (χ4v) is 4.02. The first-order valence-corrected chi connectivity index (χ1v) is 10.1. The van der Waals surface area contributed by atoms with E-state index in [1.165, 1.54) is 24.3 Å². The van der Waals surface area contributed by atoms with Gasteiger partial charge in [0.2, 0.25) is 5.54 Å². The number of benzene rings is 2. The van der Waals surface area contributed by atoms with Gasteiger partial charge in [-0.2, -0.15) is 0 Å². The van der Waals surface area contributed by atoms with Gasteiger partial charge in [0.15, 0.2) is 0 Å². The summed E-state index contributed by atoms with van der Waals surface area (Å²) in [5.74, 6) is -2.69. The van der Waals surface area contributed by atoms with Gasteiger partial charge in [0.1, 0.15) is 0 Å². The minimum absolute atomic E-state index is 0.00976. The Morgan fingerprint density at radius 3 is 2.47 bits per heavy atom. The number of hydrogen-bond acceptors (Lipinski definition) is 5. The number of anilines is 1. The zero-order chi connectivity index (χ0) is 23.6. The molecule has 1 aliphatic heterocycles. The van der Waals surface area contributed by atoms with Crippen LogP contribution >= 0.6 is 23.2 Å². The Bertz CT molecular complexity index is 1270. The molecule has 2 aromatic carbocycles. The number of ether oxygens (including phenoxy) is 1. The van der Waals surface area contributed by atoms with Gasteiger partial charge >= 0.3 is 18.0 Å². The molecule has 1 atom stereocenters. The topological polar surface area (TPSA) is 125 Å². The molecule has 1 unspecified atom stereocenters. The second-order valence-electron chi connectivity index (χ2n) is 7.12. The third kappa shape index (κ3) is 4.32. The van der Waals surface area contributed by atoms with Crippen LogP contribution < -0.4 is 15.9 Å². The molecule has 1 heterocycles. The lowest BCUT2D eigenvalue weighted by atomic mass is 9.82. The first kappa shape index (κ1) is 23.3. The van der Waals surface area contributed by atoms with Crippen molar-refractivity contribution in [1.29, 1.82) is 0 Å². The minimum atomic E-state index is -2.11. The van der Waals surface area contributed by atoms with E-state index in [0.717, 1.165) is 12.2 Å². The van der Waals surface area contributed by atoms with Gasteiger partial charge in [0.05, 0.1) is 22.2 Å². The van der Waals surface area contributed by atoms with Crippen molar-refractivity contribution in [3.8, 4) is 0 Å². The van der Waals surface area contributed by atoms with Crippen molar-refractivity contribution in [3.05, 3.63) is 74.7 Å². The van der Waals surface area contributed by atoms with Crippen LogP contribution in [-0.4, -0.2) is 34.3 Å². The molecule has 0 spiro atoms. The lowest BCUT2D eigenvalue weighted by Crippen LogP contribution is -2.36. The highest BCUT2D eigenvalue weighted by atomic mass is 35.5. The molecule has 10 heteroatoms. The number of carboxylic acids is 2. The van der Waals surface area contributed by atoms with Crippen molar-refractivity contribution in [2.75, 3.05) is 5.32 Å². The van der Waals surface area contributed by atoms with Crippen molar-refractivity contribution in [2.24, 2.45) is 4.99 Å². The molecule has 0 saturated heterocycles. The molecule has 3 N–H and O–H groups in total. The quantitative estimate of drug-likeness (QED) is 0.548. The average Bonchev–Trinajstić information content (AvgIpc) is 3.01. The standard InChI is InChI=1S/C22H18Cl2N2O6/c1-11(2)32-21(31)25-16-6-4-3-5-13(16)22(20(29)30)14(7-8-18(27)28)19-15(24)9-12(23)10-17(19)26-22/h3-11H,1-2H3,(H,25,31)(H,27,28)(H,29,30). The van der Waals surface area contributed by atoms with Crippen LogP contribution in [0.3, 0.4) is 0 Å². The second-order valence-corrected chi connectivity index (χ2v) is 7.96. The smallest absolute Gasteiger partial charge is 0.411 e. The van der Waals surface area contributed by atoms with Crippen molar-refractivity contribution < 1.29 is 29.3 Å². The number of para-hydroxylation sites is 1. The molecule has 32 heavy (non-hydrogen) atoms. The molecule has 1 aliphatic rings. The molecule has 166 valence electrons. The summed E-state index contributed by atoms with van der Waals surface area (Å²) in [7, 11) is 0. The van der Waals surface area contributed by atoms with Crippen LogP contribution in [0.25, 0.3) is 5.57 Å². The zero-order valence-corrected chi connectivity index (χ0v) is 18.4. The van der Waals surface area contributed by atoms with E-state index >= 15 is 0 Å². The number of hydrogen-bond donors (Lipinski definition) is 3. The summed E-state index contributed by atoms with van der Waals surface area (Å²) in [5.41, 5.74) is -1.89. The number of carboxylic acid groups (broad SMARTS) is 2. The summed E-state index contributed by atoms with van der Waals surface area (Å²) in [6, 6.07) is 8.98. The normalized spacial score (nSPS) is 17.2. The molecule has 8 nitrogen and oxygen atoms in total. The first-order chi connectivity index (χ1) is 15.1. The van der Waals surface area contributed by atoms with Gasteiger partial charge in [-0.05, 0) is 38.1 Å². The van der Waals surface area contributed by atoms with E-state index in [9.17, 15) is 19.5 Å². The molecule has 0 aliphatic carbocycles. The molecule has 1 amide bonds. The number of halogens is 2. The molecule has 0 aromatic heterocycles. The average molecular weight is 477 g/mol. The summed E-state index contributed by atoms with van der Waals surface area (Å²) in [6.45, 7) is 3.34. The lowest BCUT2D eigenvalue weighted by molar-refractivity contribution is -0.141. The number of amides is 1. The van der Waals surface area contributed by atoms with Crippen LogP contribution in [0, 0.1) is 0 Å². The molecule has 3 rings (SSSR count). The van der Waals surface area contributed by atoms with E-state index in [-0.39, 0.29) is 37.4 Å². The number of carbonyl (C=O) groups excluding carboxylic acids is 1. The third-order valence-corrected chi connectivity index (χ3v) is 5.10.